The summed E-state index contributed by atoms with van der Waals surface area (Å²) in [5.41, 5.74) is 1.46. The minimum atomic E-state index is 0. The number of nitrogens with one attached hydrogen (secondary N) is 1. The van der Waals surface area contributed by atoms with E-state index in [-0.39, 0.29) is 24.0 Å². The van der Waals surface area contributed by atoms with Gasteiger partial charge in [-0.25, -0.2) is 0 Å². The Balaban J connectivity index is 0.00000245. The van der Waals surface area contributed by atoms with E-state index in [1.54, 1.807) is 0 Å². The lowest BCUT2D eigenvalue weighted by Crippen LogP contribution is -2.56. The van der Waals surface area contributed by atoms with E-state index in [9.17, 15) is 0 Å². The van der Waals surface area contributed by atoms with Crippen LogP contribution in [-0.4, -0.2) is 78.6 Å². The predicted octanol–water partition coefficient (Wildman–Crippen LogP) is 4.04. The first-order valence-electron chi connectivity index (χ1n) is 12.9. The molecular formula is C26H42IN5. The third kappa shape index (κ3) is 5.98. The zero-order chi connectivity index (χ0) is 21.0. The molecule has 5 rings (SSSR count). The maximum absolute atomic E-state index is 5.15. The quantitative estimate of drug-likeness (QED) is 0.329. The highest BCUT2D eigenvalue weighted by Crippen LogP contribution is 2.33. The van der Waals surface area contributed by atoms with E-state index >= 15 is 0 Å². The molecule has 1 aliphatic carbocycles. The average molecular weight is 552 g/mol. The van der Waals surface area contributed by atoms with Gasteiger partial charge in [-0.05, 0) is 75.9 Å². The second-order valence-electron chi connectivity index (χ2n) is 10.2. The summed E-state index contributed by atoms with van der Waals surface area (Å²) in [5, 5.41) is 3.62. The Morgan fingerprint density at radius 1 is 1.00 bits per heavy atom. The first-order valence-corrected chi connectivity index (χ1v) is 12.9. The molecule has 3 saturated heterocycles. The number of hydrogen-bond acceptors (Lipinski definition) is 3. The van der Waals surface area contributed by atoms with Gasteiger partial charge < -0.3 is 15.1 Å². The molecule has 0 amide bonds. The molecule has 32 heavy (non-hydrogen) atoms. The second-order valence-corrected chi connectivity index (χ2v) is 10.2. The van der Waals surface area contributed by atoms with Gasteiger partial charge in [0.2, 0.25) is 0 Å². The summed E-state index contributed by atoms with van der Waals surface area (Å²) >= 11 is 0. The molecule has 1 aromatic rings. The van der Waals surface area contributed by atoms with E-state index in [1.165, 1.54) is 76.2 Å². The zero-order valence-electron chi connectivity index (χ0n) is 19.8. The summed E-state index contributed by atoms with van der Waals surface area (Å²) in [6, 6.07) is 12.7. The van der Waals surface area contributed by atoms with Crippen LogP contribution < -0.4 is 5.32 Å². The minimum absolute atomic E-state index is 0. The van der Waals surface area contributed by atoms with Crippen molar-refractivity contribution in [3.63, 3.8) is 0 Å². The minimum Gasteiger partial charge on any atom is -0.357 e. The molecule has 1 aromatic carbocycles. The van der Waals surface area contributed by atoms with Crippen LogP contribution in [0.1, 0.15) is 51.0 Å². The van der Waals surface area contributed by atoms with Crippen molar-refractivity contribution in [2.45, 2.75) is 64.1 Å². The number of hydrogen-bond donors (Lipinski definition) is 1. The van der Waals surface area contributed by atoms with Gasteiger partial charge in [-0.2, -0.15) is 0 Å². The number of nitrogens with zero attached hydrogens (tertiary/aromatic N) is 4. The molecule has 3 heterocycles. The van der Waals surface area contributed by atoms with Crippen molar-refractivity contribution in [3.8, 4) is 0 Å². The standard InChI is InChI=1S/C26H41N5.HI/c1-2-27-26(28-17-22-12-15-29(19-22)24-10-11-24)31-16-13-25-23(20-31)9-6-14-30(25)18-21-7-4-3-5-8-21;/h3-5,7-8,22-25H,2,6,9-20H2,1H3,(H,27,28);1H. The summed E-state index contributed by atoms with van der Waals surface area (Å²) < 4.78 is 0. The molecule has 178 valence electrons. The van der Waals surface area contributed by atoms with Crippen LogP contribution in [0.2, 0.25) is 0 Å². The van der Waals surface area contributed by atoms with E-state index in [2.05, 4.69) is 57.3 Å². The third-order valence-electron chi connectivity index (χ3n) is 7.93. The molecule has 4 aliphatic rings. The average Bonchev–Trinajstić information content (AvgIpc) is 3.55. The lowest BCUT2D eigenvalue weighted by atomic mass is 9.83. The molecule has 1 N–H and O–H groups in total. The van der Waals surface area contributed by atoms with E-state index in [4.69, 9.17) is 4.99 Å². The van der Waals surface area contributed by atoms with Crippen molar-refractivity contribution in [2.75, 3.05) is 45.8 Å². The summed E-state index contributed by atoms with van der Waals surface area (Å²) in [7, 11) is 0. The van der Waals surface area contributed by atoms with Gasteiger partial charge in [0.15, 0.2) is 5.96 Å². The molecule has 0 radical (unpaired) electrons. The van der Waals surface area contributed by atoms with Crippen LogP contribution in [0.15, 0.2) is 35.3 Å². The Labute approximate surface area is 212 Å². The van der Waals surface area contributed by atoms with Crippen LogP contribution >= 0.6 is 24.0 Å². The van der Waals surface area contributed by atoms with Crippen molar-refractivity contribution >= 4 is 29.9 Å². The second kappa shape index (κ2) is 11.5. The van der Waals surface area contributed by atoms with E-state index < -0.39 is 0 Å². The first-order chi connectivity index (χ1) is 15.3. The fourth-order valence-electron chi connectivity index (χ4n) is 6.14. The van der Waals surface area contributed by atoms with Gasteiger partial charge in [0.25, 0.3) is 0 Å². The number of likely N-dealkylation sites (tertiary alicyclic amines) is 3. The van der Waals surface area contributed by atoms with Gasteiger partial charge in [-0.15, -0.1) is 24.0 Å². The normalized spacial score (nSPS) is 29.5. The van der Waals surface area contributed by atoms with Gasteiger partial charge in [0.1, 0.15) is 0 Å². The molecule has 4 fully saturated rings. The molecule has 5 nitrogen and oxygen atoms in total. The lowest BCUT2D eigenvalue weighted by molar-refractivity contribution is 0.0372. The van der Waals surface area contributed by atoms with Crippen LogP contribution in [0.5, 0.6) is 0 Å². The highest BCUT2D eigenvalue weighted by molar-refractivity contribution is 14.0. The molecule has 0 aromatic heterocycles. The number of aliphatic imine (C=N–C) groups is 1. The van der Waals surface area contributed by atoms with Crippen LogP contribution in [-0.2, 0) is 6.54 Å². The van der Waals surface area contributed by atoms with Gasteiger partial charge in [-0.1, -0.05) is 30.3 Å². The summed E-state index contributed by atoms with van der Waals surface area (Å²) in [6.07, 6.45) is 8.14. The topological polar surface area (TPSA) is 34.1 Å². The first kappa shape index (κ1) is 24.3. The van der Waals surface area contributed by atoms with E-state index in [0.29, 0.717) is 0 Å². The fraction of sp³-hybridized carbons (Fsp3) is 0.731. The van der Waals surface area contributed by atoms with Crippen LogP contribution in [0.25, 0.3) is 0 Å². The number of guanidine groups is 1. The number of rotatable bonds is 6. The SMILES string of the molecule is CCNC(=NCC1CCN(C2CC2)C1)N1CCC2C(CCCN2Cc2ccccc2)C1.I. The number of piperidine rings is 2. The summed E-state index contributed by atoms with van der Waals surface area (Å²) in [5.74, 6) is 2.70. The van der Waals surface area contributed by atoms with Crippen molar-refractivity contribution in [1.82, 2.24) is 20.0 Å². The summed E-state index contributed by atoms with van der Waals surface area (Å²) in [6.45, 7) is 11.4. The molecule has 6 heteroatoms. The molecule has 3 atom stereocenters. The number of halogens is 1. The molecule has 0 spiro atoms. The number of benzene rings is 1. The van der Waals surface area contributed by atoms with Crippen molar-refractivity contribution in [3.05, 3.63) is 35.9 Å². The van der Waals surface area contributed by atoms with Crippen molar-refractivity contribution in [1.29, 1.82) is 0 Å². The van der Waals surface area contributed by atoms with Crippen LogP contribution in [0.4, 0.5) is 0 Å². The Kier molecular flexibility index (Phi) is 8.74. The highest BCUT2D eigenvalue weighted by Gasteiger charge is 2.37. The van der Waals surface area contributed by atoms with E-state index in [0.717, 1.165) is 50.1 Å². The molecule has 3 unspecified atom stereocenters. The molecule has 1 saturated carbocycles. The van der Waals surface area contributed by atoms with Gasteiger partial charge in [0.05, 0.1) is 0 Å². The maximum atomic E-state index is 5.15. The van der Waals surface area contributed by atoms with Gasteiger partial charge in [0, 0.05) is 51.4 Å². The van der Waals surface area contributed by atoms with Crippen molar-refractivity contribution in [2.24, 2.45) is 16.8 Å². The van der Waals surface area contributed by atoms with Crippen LogP contribution in [0, 0.1) is 11.8 Å². The molecular weight excluding hydrogens is 509 g/mol. The maximum Gasteiger partial charge on any atom is 0.193 e. The zero-order valence-corrected chi connectivity index (χ0v) is 22.1. The predicted molar refractivity (Wildman–Crippen MR) is 144 cm³/mol. The fourth-order valence-corrected chi connectivity index (χ4v) is 6.14. The largest absolute Gasteiger partial charge is 0.357 e. The Morgan fingerprint density at radius 2 is 1.84 bits per heavy atom. The monoisotopic (exact) mass is 551 g/mol. The van der Waals surface area contributed by atoms with Gasteiger partial charge >= 0.3 is 0 Å². The summed E-state index contributed by atoms with van der Waals surface area (Å²) in [4.78, 5) is 13.2. The lowest BCUT2D eigenvalue weighted by Gasteiger charge is -2.48. The highest BCUT2D eigenvalue weighted by atomic mass is 127. The van der Waals surface area contributed by atoms with Gasteiger partial charge in [-0.3, -0.25) is 9.89 Å². The molecule has 0 bridgehead atoms. The Bertz CT molecular complexity index is 737. The molecule has 3 aliphatic heterocycles. The van der Waals surface area contributed by atoms with Crippen LogP contribution in [0.3, 0.4) is 0 Å². The van der Waals surface area contributed by atoms with E-state index in [1.807, 2.05) is 0 Å². The number of fused-ring (bicyclic) bond motifs is 1. The Hall–Kier alpha value is -0.860. The van der Waals surface area contributed by atoms with Crippen molar-refractivity contribution < 1.29 is 0 Å². The smallest absolute Gasteiger partial charge is 0.193 e. The Morgan fingerprint density at radius 3 is 2.62 bits per heavy atom. The third-order valence-corrected chi connectivity index (χ3v) is 7.93.